The molecule has 3 rings (SSSR count). The van der Waals surface area contributed by atoms with E-state index in [-0.39, 0.29) is 17.1 Å². The SMILES string of the molecule is NC(=NNc1ccc(F)cc1F)c1ccc(=O)n(Cc2cscn2)c1. The molecule has 0 aliphatic carbocycles. The number of benzene rings is 1. The molecule has 0 aliphatic rings. The Morgan fingerprint density at radius 2 is 2.16 bits per heavy atom. The zero-order valence-electron chi connectivity index (χ0n) is 12.8. The van der Waals surface area contributed by atoms with Gasteiger partial charge in [-0.05, 0) is 18.2 Å². The van der Waals surface area contributed by atoms with Gasteiger partial charge in [-0.15, -0.1) is 11.3 Å². The lowest BCUT2D eigenvalue weighted by Crippen LogP contribution is -2.23. The zero-order chi connectivity index (χ0) is 17.8. The highest BCUT2D eigenvalue weighted by Crippen LogP contribution is 2.15. The fraction of sp³-hybridized carbons (Fsp3) is 0.0625. The van der Waals surface area contributed by atoms with E-state index in [1.807, 2.05) is 5.38 Å². The average molecular weight is 361 g/mol. The van der Waals surface area contributed by atoms with Crippen LogP contribution in [0.5, 0.6) is 0 Å². The maximum absolute atomic E-state index is 13.6. The quantitative estimate of drug-likeness (QED) is 0.415. The number of nitrogens with two attached hydrogens (primary N) is 1. The van der Waals surface area contributed by atoms with Gasteiger partial charge in [-0.1, -0.05) is 0 Å². The van der Waals surface area contributed by atoms with Crippen molar-refractivity contribution < 1.29 is 8.78 Å². The number of anilines is 1. The first-order valence-corrected chi connectivity index (χ1v) is 8.09. The van der Waals surface area contributed by atoms with Crippen LogP contribution in [-0.2, 0) is 6.54 Å². The van der Waals surface area contributed by atoms with Crippen LogP contribution in [0.25, 0.3) is 0 Å². The van der Waals surface area contributed by atoms with Crippen molar-refractivity contribution >= 4 is 22.9 Å². The summed E-state index contributed by atoms with van der Waals surface area (Å²) in [6.45, 7) is 0.309. The van der Waals surface area contributed by atoms with Gasteiger partial charge in [0.2, 0.25) is 0 Å². The van der Waals surface area contributed by atoms with Crippen molar-refractivity contribution in [2.75, 3.05) is 5.43 Å². The number of pyridine rings is 1. The van der Waals surface area contributed by atoms with Crippen molar-refractivity contribution in [1.82, 2.24) is 9.55 Å². The Morgan fingerprint density at radius 1 is 1.32 bits per heavy atom. The van der Waals surface area contributed by atoms with E-state index < -0.39 is 11.6 Å². The number of nitrogens with zero attached hydrogens (tertiary/aromatic N) is 3. The topological polar surface area (TPSA) is 85.3 Å². The second-order valence-corrected chi connectivity index (χ2v) is 5.82. The van der Waals surface area contributed by atoms with Gasteiger partial charge in [0.25, 0.3) is 5.56 Å². The molecule has 6 nitrogen and oxygen atoms in total. The summed E-state index contributed by atoms with van der Waals surface area (Å²) >= 11 is 1.44. The predicted octanol–water partition coefficient (Wildman–Crippen LogP) is 2.36. The first-order valence-electron chi connectivity index (χ1n) is 7.15. The minimum atomic E-state index is -0.787. The van der Waals surface area contributed by atoms with Crippen LogP contribution in [0.3, 0.4) is 0 Å². The summed E-state index contributed by atoms with van der Waals surface area (Å²) in [5.74, 6) is -1.42. The Hall–Kier alpha value is -3.07. The van der Waals surface area contributed by atoms with Gasteiger partial charge in [0, 0.05) is 29.3 Å². The summed E-state index contributed by atoms with van der Waals surface area (Å²) in [7, 11) is 0. The summed E-state index contributed by atoms with van der Waals surface area (Å²) in [5.41, 5.74) is 11.0. The molecule has 0 fully saturated rings. The third-order valence-corrected chi connectivity index (χ3v) is 3.96. The Labute approximate surface area is 145 Å². The van der Waals surface area contributed by atoms with Crippen LogP contribution in [0, 0.1) is 11.6 Å². The van der Waals surface area contributed by atoms with Gasteiger partial charge in [0.15, 0.2) is 11.7 Å². The lowest BCUT2D eigenvalue weighted by atomic mass is 10.2. The fourth-order valence-electron chi connectivity index (χ4n) is 2.06. The third-order valence-electron chi connectivity index (χ3n) is 3.32. The highest BCUT2D eigenvalue weighted by molar-refractivity contribution is 7.07. The maximum atomic E-state index is 13.6. The van der Waals surface area contributed by atoms with E-state index in [2.05, 4.69) is 15.5 Å². The molecule has 9 heteroatoms. The van der Waals surface area contributed by atoms with Crippen LogP contribution < -0.4 is 16.7 Å². The number of rotatable bonds is 5. The minimum Gasteiger partial charge on any atom is -0.382 e. The van der Waals surface area contributed by atoms with Gasteiger partial charge in [-0.3, -0.25) is 10.2 Å². The van der Waals surface area contributed by atoms with E-state index in [9.17, 15) is 13.6 Å². The standard InChI is InChI=1S/C16H13F2N5OS/c17-11-2-3-14(13(18)5-11)21-22-16(19)10-1-4-15(24)23(6-10)7-12-8-25-9-20-12/h1-6,8-9,21H,7H2,(H2,19,22). The van der Waals surface area contributed by atoms with Gasteiger partial charge in [0.1, 0.15) is 5.82 Å². The smallest absolute Gasteiger partial charge is 0.250 e. The molecule has 0 unspecified atom stereocenters. The largest absolute Gasteiger partial charge is 0.382 e. The minimum absolute atomic E-state index is 0.0138. The van der Waals surface area contributed by atoms with Crippen LogP contribution in [0.1, 0.15) is 11.3 Å². The highest BCUT2D eigenvalue weighted by atomic mass is 32.1. The molecule has 2 heterocycles. The summed E-state index contributed by atoms with van der Waals surface area (Å²) in [4.78, 5) is 16.1. The second kappa shape index (κ2) is 7.22. The fourth-order valence-corrected chi connectivity index (χ4v) is 2.61. The number of aromatic nitrogens is 2. The van der Waals surface area contributed by atoms with Crippen molar-refractivity contribution in [1.29, 1.82) is 0 Å². The summed E-state index contributed by atoms with van der Waals surface area (Å²) in [5, 5.41) is 5.72. The average Bonchev–Trinajstić information content (AvgIpc) is 3.09. The van der Waals surface area contributed by atoms with Crippen molar-refractivity contribution in [2.45, 2.75) is 6.54 Å². The third kappa shape index (κ3) is 4.07. The summed E-state index contributed by atoms with van der Waals surface area (Å²) < 4.78 is 27.9. The maximum Gasteiger partial charge on any atom is 0.250 e. The molecule has 3 aromatic rings. The number of halogens is 2. The monoisotopic (exact) mass is 361 g/mol. The molecule has 0 spiro atoms. The number of hydrogen-bond acceptors (Lipinski definition) is 5. The normalized spacial score (nSPS) is 11.5. The molecule has 0 saturated carbocycles. The number of nitrogens with one attached hydrogen (secondary N) is 1. The number of amidine groups is 1. The van der Waals surface area contributed by atoms with Crippen LogP contribution in [-0.4, -0.2) is 15.4 Å². The number of hydrogen-bond donors (Lipinski definition) is 2. The van der Waals surface area contributed by atoms with E-state index in [0.29, 0.717) is 12.1 Å². The molecule has 3 N–H and O–H groups in total. The number of hydrazone groups is 1. The summed E-state index contributed by atoms with van der Waals surface area (Å²) in [6.07, 6.45) is 1.54. The molecule has 25 heavy (non-hydrogen) atoms. The van der Waals surface area contributed by atoms with Crippen molar-refractivity contribution in [2.24, 2.45) is 10.8 Å². The molecule has 128 valence electrons. The van der Waals surface area contributed by atoms with E-state index in [1.165, 1.54) is 34.1 Å². The first kappa shape index (κ1) is 16.8. The first-order chi connectivity index (χ1) is 12.0. The van der Waals surface area contributed by atoms with Crippen molar-refractivity contribution in [3.05, 3.63) is 80.7 Å². The molecule has 0 radical (unpaired) electrons. The van der Waals surface area contributed by atoms with E-state index >= 15 is 0 Å². The molecular formula is C16H13F2N5OS. The van der Waals surface area contributed by atoms with Gasteiger partial charge in [-0.25, -0.2) is 13.8 Å². The van der Waals surface area contributed by atoms with Gasteiger partial charge >= 0.3 is 0 Å². The Kier molecular flexibility index (Phi) is 4.85. The Morgan fingerprint density at radius 3 is 2.88 bits per heavy atom. The summed E-state index contributed by atoms with van der Waals surface area (Å²) in [6, 6.07) is 5.93. The molecule has 0 bridgehead atoms. The molecule has 2 aromatic heterocycles. The van der Waals surface area contributed by atoms with Crippen LogP contribution >= 0.6 is 11.3 Å². The molecule has 1 aromatic carbocycles. The van der Waals surface area contributed by atoms with Gasteiger partial charge in [0.05, 0.1) is 23.4 Å². The predicted molar refractivity (Wildman–Crippen MR) is 92.6 cm³/mol. The van der Waals surface area contributed by atoms with E-state index in [0.717, 1.165) is 17.8 Å². The van der Waals surface area contributed by atoms with Crippen LogP contribution in [0.2, 0.25) is 0 Å². The lowest BCUT2D eigenvalue weighted by molar-refractivity contribution is 0.585. The molecule has 0 aliphatic heterocycles. The molecule has 0 saturated heterocycles. The second-order valence-electron chi connectivity index (χ2n) is 5.10. The Balaban J connectivity index is 1.81. The van der Waals surface area contributed by atoms with Crippen LogP contribution in [0.4, 0.5) is 14.5 Å². The number of thiazole rings is 1. The van der Waals surface area contributed by atoms with E-state index in [1.54, 1.807) is 11.7 Å². The van der Waals surface area contributed by atoms with Gasteiger partial charge in [-0.2, -0.15) is 5.10 Å². The van der Waals surface area contributed by atoms with Crippen molar-refractivity contribution in [3.8, 4) is 0 Å². The molecular weight excluding hydrogens is 348 g/mol. The van der Waals surface area contributed by atoms with Crippen molar-refractivity contribution in [3.63, 3.8) is 0 Å². The Bertz CT molecular complexity index is 969. The molecule has 0 amide bonds. The van der Waals surface area contributed by atoms with Crippen LogP contribution in [0.15, 0.2) is 57.3 Å². The van der Waals surface area contributed by atoms with Gasteiger partial charge < -0.3 is 10.3 Å². The molecule has 0 atom stereocenters. The highest BCUT2D eigenvalue weighted by Gasteiger charge is 2.06. The lowest BCUT2D eigenvalue weighted by Gasteiger charge is -2.08. The van der Waals surface area contributed by atoms with E-state index in [4.69, 9.17) is 5.73 Å². The zero-order valence-corrected chi connectivity index (χ0v) is 13.6.